The maximum Gasteiger partial charge on any atom is 0.223 e. The first-order chi connectivity index (χ1) is 12.0. The second-order valence-electron chi connectivity index (χ2n) is 6.96. The Bertz CT molecular complexity index is 656. The van der Waals surface area contributed by atoms with Crippen molar-refractivity contribution in [1.29, 1.82) is 0 Å². The molecule has 1 aromatic rings. The van der Waals surface area contributed by atoms with Gasteiger partial charge in [0.05, 0.1) is 18.3 Å². The molecule has 0 aromatic carbocycles. The largest absolute Gasteiger partial charge is 0.376 e. The zero-order valence-corrected chi connectivity index (χ0v) is 18.0. The van der Waals surface area contributed by atoms with Crippen molar-refractivity contribution in [3.63, 3.8) is 0 Å². The first-order valence-electron chi connectivity index (χ1n) is 8.87. The molecule has 2 saturated heterocycles. The van der Waals surface area contributed by atoms with Crippen molar-refractivity contribution in [1.82, 2.24) is 20.0 Å². The number of nitrogens with one attached hydrogen (secondary N) is 1. The van der Waals surface area contributed by atoms with Crippen molar-refractivity contribution < 1.29 is 9.53 Å². The molecule has 3 atom stereocenters. The van der Waals surface area contributed by atoms with Crippen LogP contribution in [0.1, 0.15) is 36.6 Å². The standard InChI is InChI=1S/C17H28N6O2.HI/c1-11-14(10-21-23(11)3)16-12(7-15(24)22(16)2)8-19-17(18)20-9-13-5-4-6-25-13;/h10,12-13,16H,4-9H2,1-3H3,(H3,18,19,20);1H/t12-,13?,16+;/m0./s1. The third-order valence-corrected chi connectivity index (χ3v) is 5.32. The molecule has 3 rings (SSSR count). The predicted molar refractivity (Wildman–Crippen MR) is 110 cm³/mol. The summed E-state index contributed by atoms with van der Waals surface area (Å²) in [4.78, 5) is 18.5. The molecule has 3 heterocycles. The first kappa shape index (κ1) is 20.9. The molecule has 2 aliphatic rings. The highest BCUT2D eigenvalue weighted by molar-refractivity contribution is 14.0. The van der Waals surface area contributed by atoms with Crippen LogP contribution in [0.4, 0.5) is 0 Å². The number of nitrogens with two attached hydrogens (primary N) is 1. The van der Waals surface area contributed by atoms with Crippen molar-refractivity contribution in [2.75, 3.05) is 26.7 Å². The summed E-state index contributed by atoms with van der Waals surface area (Å²) in [6.07, 6.45) is 4.72. The van der Waals surface area contributed by atoms with E-state index in [0.29, 0.717) is 25.5 Å². The van der Waals surface area contributed by atoms with Gasteiger partial charge >= 0.3 is 0 Å². The van der Waals surface area contributed by atoms with Gasteiger partial charge in [-0.05, 0) is 19.8 Å². The molecule has 8 nitrogen and oxygen atoms in total. The number of hydrogen-bond acceptors (Lipinski definition) is 4. The highest BCUT2D eigenvalue weighted by Gasteiger charge is 2.39. The Labute approximate surface area is 171 Å². The van der Waals surface area contributed by atoms with E-state index in [1.165, 1.54) is 0 Å². The number of aromatic nitrogens is 2. The Kier molecular flexibility index (Phi) is 7.27. The van der Waals surface area contributed by atoms with Gasteiger partial charge in [0.1, 0.15) is 0 Å². The van der Waals surface area contributed by atoms with Crippen LogP contribution < -0.4 is 11.1 Å². The number of hydrogen-bond donors (Lipinski definition) is 2. The fourth-order valence-electron chi connectivity index (χ4n) is 3.68. The molecule has 2 aliphatic heterocycles. The minimum absolute atomic E-state index is 0. The molecular weight excluding hydrogens is 447 g/mol. The van der Waals surface area contributed by atoms with Crippen molar-refractivity contribution in [3.8, 4) is 0 Å². The smallest absolute Gasteiger partial charge is 0.223 e. The van der Waals surface area contributed by atoms with Gasteiger partial charge in [0.2, 0.25) is 5.91 Å². The normalized spacial score (nSPS) is 26.3. The van der Waals surface area contributed by atoms with E-state index in [2.05, 4.69) is 15.4 Å². The minimum atomic E-state index is -0.00378. The highest BCUT2D eigenvalue weighted by atomic mass is 127. The van der Waals surface area contributed by atoms with Gasteiger partial charge in [-0.2, -0.15) is 5.10 Å². The number of ether oxygens (including phenoxy) is 1. The lowest BCUT2D eigenvalue weighted by atomic mass is 9.94. The molecule has 1 aromatic heterocycles. The fourth-order valence-corrected chi connectivity index (χ4v) is 3.68. The Morgan fingerprint density at radius 2 is 2.27 bits per heavy atom. The summed E-state index contributed by atoms with van der Waals surface area (Å²) in [6.45, 7) is 4.05. The molecule has 26 heavy (non-hydrogen) atoms. The monoisotopic (exact) mass is 476 g/mol. The summed E-state index contributed by atoms with van der Waals surface area (Å²) < 4.78 is 7.40. The number of aliphatic imine (C=N–C) groups is 1. The van der Waals surface area contributed by atoms with Crippen LogP contribution in [0.15, 0.2) is 11.2 Å². The number of guanidine groups is 1. The van der Waals surface area contributed by atoms with Crippen molar-refractivity contribution in [2.45, 2.75) is 38.3 Å². The molecule has 1 unspecified atom stereocenters. The molecule has 3 N–H and O–H groups in total. The molecule has 146 valence electrons. The van der Waals surface area contributed by atoms with Gasteiger partial charge in [0.25, 0.3) is 0 Å². The molecule has 0 saturated carbocycles. The number of halogens is 1. The lowest BCUT2D eigenvalue weighted by Gasteiger charge is -2.24. The van der Waals surface area contributed by atoms with Crippen LogP contribution in [0.25, 0.3) is 0 Å². The zero-order valence-electron chi connectivity index (χ0n) is 15.6. The summed E-state index contributed by atoms with van der Waals surface area (Å²) >= 11 is 0. The van der Waals surface area contributed by atoms with Gasteiger partial charge in [0, 0.05) is 57.4 Å². The molecule has 9 heteroatoms. The molecule has 0 aliphatic carbocycles. The van der Waals surface area contributed by atoms with Crippen LogP contribution in [0.3, 0.4) is 0 Å². The zero-order chi connectivity index (χ0) is 18.0. The first-order valence-corrected chi connectivity index (χ1v) is 8.87. The van der Waals surface area contributed by atoms with E-state index in [4.69, 9.17) is 10.5 Å². The second-order valence-corrected chi connectivity index (χ2v) is 6.96. The van der Waals surface area contributed by atoms with Crippen molar-refractivity contribution in [3.05, 3.63) is 17.5 Å². The summed E-state index contributed by atoms with van der Waals surface area (Å²) in [5.74, 6) is 0.655. The van der Waals surface area contributed by atoms with Gasteiger partial charge < -0.3 is 20.7 Å². The number of amides is 1. The maximum atomic E-state index is 12.2. The SMILES string of the molecule is Cc1c([C@H]2[C@H](CN=C(N)NCC3CCCO3)CC(=O)N2C)cnn1C.I. The average Bonchev–Trinajstić information content (AvgIpc) is 3.28. The van der Waals surface area contributed by atoms with Crippen molar-refractivity contribution in [2.24, 2.45) is 23.7 Å². The fraction of sp³-hybridized carbons (Fsp3) is 0.706. The molecule has 1 amide bonds. The van der Waals surface area contributed by atoms with Gasteiger partial charge in [-0.1, -0.05) is 0 Å². The molecule has 0 radical (unpaired) electrons. The summed E-state index contributed by atoms with van der Waals surface area (Å²) in [6, 6.07) is -0.00378. The lowest BCUT2D eigenvalue weighted by Crippen LogP contribution is -2.37. The predicted octanol–water partition coefficient (Wildman–Crippen LogP) is 0.949. The Morgan fingerprint density at radius 3 is 2.88 bits per heavy atom. The van der Waals surface area contributed by atoms with Crippen LogP contribution in [-0.2, 0) is 16.6 Å². The van der Waals surface area contributed by atoms with E-state index < -0.39 is 0 Å². The molecular formula is C17H29IN6O2. The van der Waals surface area contributed by atoms with Gasteiger partial charge in [-0.15, -0.1) is 24.0 Å². The number of carbonyl (C=O) groups excluding carboxylic acids is 1. The van der Waals surface area contributed by atoms with Gasteiger partial charge in [0.15, 0.2) is 5.96 Å². The minimum Gasteiger partial charge on any atom is -0.376 e. The third kappa shape index (κ3) is 4.48. The number of carbonyl (C=O) groups is 1. The van der Waals surface area contributed by atoms with Gasteiger partial charge in [-0.3, -0.25) is 14.5 Å². The number of likely N-dealkylation sites (tertiary alicyclic amines) is 1. The van der Waals surface area contributed by atoms with E-state index in [1.54, 1.807) is 4.90 Å². The second kappa shape index (κ2) is 9.03. The summed E-state index contributed by atoms with van der Waals surface area (Å²) in [7, 11) is 3.76. The Balaban J connectivity index is 0.00000243. The topological polar surface area (TPSA) is 97.8 Å². The Morgan fingerprint density at radius 1 is 1.50 bits per heavy atom. The van der Waals surface area contributed by atoms with E-state index in [9.17, 15) is 4.79 Å². The van der Waals surface area contributed by atoms with E-state index >= 15 is 0 Å². The van der Waals surface area contributed by atoms with Crippen LogP contribution >= 0.6 is 24.0 Å². The lowest BCUT2D eigenvalue weighted by molar-refractivity contribution is -0.127. The quantitative estimate of drug-likeness (QED) is 0.375. The highest BCUT2D eigenvalue weighted by Crippen LogP contribution is 2.38. The van der Waals surface area contributed by atoms with Crippen molar-refractivity contribution >= 4 is 35.8 Å². The Hall–Kier alpha value is -1.36. The molecule has 2 fully saturated rings. The third-order valence-electron chi connectivity index (χ3n) is 5.32. The summed E-state index contributed by atoms with van der Waals surface area (Å²) in [5, 5.41) is 7.44. The van der Waals surface area contributed by atoms with Crippen LogP contribution in [0.2, 0.25) is 0 Å². The van der Waals surface area contributed by atoms with E-state index in [-0.39, 0.29) is 47.9 Å². The summed E-state index contributed by atoms with van der Waals surface area (Å²) in [5.41, 5.74) is 8.14. The van der Waals surface area contributed by atoms with Crippen LogP contribution in [0.5, 0.6) is 0 Å². The molecule has 0 bridgehead atoms. The number of rotatable bonds is 5. The number of nitrogens with zero attached hydrogens (tertiary/aromatic N) is 4. The van der Waals surface area contributed by atoms with E-state index in [1.807, 2.05) is 31.9 Å². The van der Waals surface area contributed by atoms with E-state index in [0.717, 1.165) is 30.7 Å². The van der Waals surface area contributed by atoms with Crippen LogP contribution in [-0.4, -0.2) is 59.4 Å². The van der Waals surface area contributed by atoms with Gasteiger partial charge in [-0.25, -0.2) is 0 Å². The average molecular weight is 476 g/mol. The number of aryl methyl sites for hydroxylation is 1. The maximum absolute atomic E-state index is 12.2. The molecule has 0 spiro atoms. The van der Waals surface area contributed by atoms with Crippen LogP contribution in [0, 0.1) is 12.8 Å².